The molecule has 0 aromatic carbocycles. The van der Waals surface area contributed by atoms with Gasteiger partial charge in [-0.05, 0) is 0 Å². The average molecular weight is 266 g/mol. The summed E-state index contributed by atoms with van der Waals surface area (Å²) >= 11 is 0. The number of aromatic nitrogens is 1. The molecule has 0 spiro atoms. The first-order chi connectivity index (χ1) is 8.99. The lowest BCUT2D eigenvalue weighted by Crippen LogP contribution is -2.33. The summed E-state index contributed by atoms with van der Waals surface area (Å²) in [5, 5.41) is 19.0. The predicted molar refractivity (Wildman–Crippen MR) is 59.5 cm³/mol. The third-order valence-electron chi connectivity index (χ3n) is 2.44. The van der Waals surface area contributed by atoms with Crippen LogP contribution in [0, 0.1) is 0 Å². The first kappa shape index (κ1) is 12.7. The summed E-state index contributed by atoms with van der Waals surface area (Å²) in [6.07, 6.45) is 1.74. The molecule has 2 rings (SSSR count). The fourth-order valence-corrected chi connectivity index (χ4v) is 1.50. The van der Waals surface area contributed by atoms with Crippen molar-refractivity contribution in [3.8, 4) is 11.8 Å². The van der Waals surface area contributed by atoms with Crippen LogP contribution in [0.1, 0.15) is 6.42 Å². The van der Waals surface area contributed by atoms with Crippen molar-refractivity contribution in [2.75, 3.05) is 0 Å². The molecule has 1 aromatic heterocycles. The molecule has 0 unspecified atom stereocenters. The third-order valence-corrected chi connectivity index (χ3v) is 2.44. The van der Waals surface area contributed by atoms with Crippen LogP contribution < -0.4 is 0 Å². The Balaban J connectivity index is 1.89. The maximum atomic E-state index is 11.4. The smallest absolute Gasteiger partial charge is 0.335 e. The van der Waals surface area contributed by atoms with Crippen molar-refractivity contribution in [2.45, 2.75) is 13.0 Å². The monoisotopic (exact) mass is 266 g/mol. The van der Waals surface area contributed by atoms with Crippen molar-refractivity contribution in [1.82, 2.24) is 9.63 Å². The molecule has 8 nitrogen and oxygen atoms in total. The zero-order chi connectivity index (χ0) is 14.0. The van der Waals surface area contributed by atoms with E-state index >= 15 is 0 Å². The number of nitrogens with zero attached hydrogens (tertiary/aromatic N) is 2. The van der Waals surface area contributed by atoms with Gasteiger partial charge in [0.2, 0.25) is 0 Å². The molecule has 1 aliphatic heterocycles. The molecule has 0 saturated carbocycles. The van der Waals surface area contributed by atoms with Gasteiger partial charge in [-0.3, -0.25) is 14.2 Å². The SMILES string of the molecule is O=C(CCn1c(O)ccc1O)ON1C(=O)C=CC1=O. The van der Waals surface area contributed by atoms with Gasteiger partial charge in [0, 0.05) is 30.8 Å². The fourth-order valence-electron chi connectivity index (χ4n) is 1.50. The molecule has 19 heavy (non-hydrogen) atoms. The molecular weight excluding hydrogens is 256 g/mol. The molecule has 0 fully saturated rings. The highest BCUT2D eigenvalue weighted by atomic mass is 16.7. The molecule has 100 valence electrons. The highest BCUT2D eigenvalue weighted by molar-refractivity contribution is 6.12. The number of aromatic hydroxyl groups is 2. The summed E-state index contributed by atoms with van der Waals surface area (Å²) in [5.41, 5.74) is 0. The fraction of sp³-hybridized carbons (Fsp3) is 0.182. The summed E-state index contributed by atoms with van der Waals surface area (Å²) < 4.78 is 1.08. The molecular formula is C11H10N2O6. The van der Waals surface area contributed by atoms with E-state index in [1.165, 1.54) is 12.1 Å². The predicted octanol–water partition coefficient (Wildman–Crippen LogP) is -0.327. The molecule has 0 radical (unpaired) electrons. The van der Waals surface area contributed by atoms with E-state index in [0.717, 1.165) is 16.7 Å². The topological polar surface area (TPSA) is 109 Å². The number of carbonyl (C=O) groups excluding carboxylic acids is 3. The van der Waals surface area contributed by atoms with Crippen molar-refractivity contribution in [3.05, 3.63) is 24.3 Å². The highest BCUT2D eigenvalue weighted by Gasteiger charge is 2.27. The normalized spacial score (nSPS) is 14.2. The lowest BCUT2D eigenvalue weighted by molar-refractivity contribution is -0.196. The van der Waals surface area contributed by atoms with E-state index in [1.54, 1.807) is 0 Å². The Morgan fingerprint density at radius 2 is 1.63 bits per heavy atom. The molecule has 1 aliphatic rings. The van der Waals surface area contributed by atoms with E-state index in [-0.39, 0.29) is 24.7 Å². The van der Waals surface area contributed by atoms with Gasteiger partial charge in [-0.2, -0.15) is 0 Å². The lowest BCUT2D eigenvalue weighted by atomic mass is 10.4. The Morgan fingerprint density at radius 3 is 2.16 bits per heavy atom. The maximum absolute atomic E-state index is 11.4. The van der Waals surface area contributed by atoms with Crippen molar-refractivity contribution < 1.29 is 29.4 Å². The zero-order valence-electron chi connectivity index (χ0n) is 9.65. The zero-order valence-corrected chi connectivity index (χ0v) is 9.65. The molecule has 0 atom stereocenters. The summed E-state index contributed by atoms with van der Waals surface area (Å²) in [4.78, 5) is 38.2. The van der Waals surface area contributed by atoms with Crippen LogP contribution in [0.15, 0.2) is 24.3 Å². The van der Waals surface area contributed by atoms with Crippen molar-refractivity contribution >= 4 is 17.8 Å². The van der Waals surface area contributed by atoms with Crippen LogP contribution in [-0.4, -0.2) is 37.6 Å². The van der Waals surface area contributed by atoms with Crippen LogP contribution in [-0.2, 0) is 25.8 Å². The Labute approximate surface area is 107 Å². The van der Waals surface area contributed by atoms with Gasteiger partial charge >= 0.3 is 5.97 Å². The first-order valence-corrected chi connectivity index (χ1v) is 5.33. The number of carbonyl (C=O) groups is 3. The lowest BCUT2D eigenvalue weighted by Gasteiger charge is -2.13. The number of imide groups is 1. The van der Waals surface area contributed by atoms with Crippen molar-refractivity contribution in [2.24, 2.45) is 0 Å². The minimum atomic E-state index is -0.835. The Bertz CT molecular complexity index is 536. The number of hydrogen-bond donors (Lipinski definition) is 2. The first-order valence-electron chi connectivity index (χ1n) is 5.33. The van der Waals surface area contributed by atoms with Gasteiger partial charge in [-0.1, -0.05) is 5.06 Å². The van der Waals surface area contributed by atoms with E-state index < -0.39 is 17.8 Å². The largest absolute Gasteiger partial charge is 0.494 e. The summed E-state index contributed by atoms with van der Waals surface area (Å²) in [5.74, 6) is -2.71. The van der Waals surface area contributed by atoms with E-state index in [2.05, 4.69) is 4.84 Å². The third kappa shape index (κ3) is 2.57. The number of hydroxylamine groups is 2. The Kier molecular flexibility index (Phi) is 3.23. The van der Waals surface area contributed by atoms with Gasteiger partial charge in [-0.25, -0.2) is 4.79 Å². The van der Waals surface area contributed by atoms with E-state index in [0.29, 0.717) is 5.06 Å². The second-order valence-corrected chi connectivity index (χ2v) is 3.72. The van der Waals surface area contributed by atoms with Crippen molar-refractivity contribution in [3.63, 3.8) is 0 Å². The molecule has 0 aliphatic carbocycles. The van der Waals surface area contributed by atoms with Crippen LogP contribution in [0.4, 0.5) is 0 Å². The van der Waals surface area contributed by atoms with Gasteiger partial charge in [0.15, 0.2) is 11.8 Å². The van der Waals surface area contributed by atoms with Crippen molar-refractivity contribution in [1.29, 1.82) is 0 Å². The minimum absolute atomic E-state index is 0.0485. The molecule has 2 N–H and O–H groups in total. The van der Waals surface area contributed by atoms with Gasteiger partial charge in [0.1, 0.15) is 0 Å². The number of hydrogen-bond acceptors (Lipinski definition) is 6. The number of rotatable bonds is 4. The van der Waals surface area contributed by atoms with Gasteiger partial charge in [-0.15, -0.1) is 0 Å². The van der Waals surface area contributed by atoms with Gasteiger partial charge < -0.3 is 15.1 Å². The van der Waals surface area contributed by atoms with Crippen LogP contribution in [0.25, 0.3) is 0 Å². The average Bonchev–Trinajstić information content (AvgIpc) is 2.84. The molecule has 0 saturated heterocycles. The summed E-state index contributed by atoms with van der Waals surface area (Å²) in [7, 11) is 0. The molecule has 2 amide bonds. The second kappa shape index (κ2) is 4.84. The summed E-state index contributed by atoms with van der Waals surface area (Å²) in [6.45, 7) is -0.0485. The van der Waals surface area contributed by atoms with Crippen LogP contribution in [0.5, 0.6) is 11.8 Å². The standard InChI is InChI=1S/C11H10N2O6/c14-7-1-2-8(15)12(7)6-5-11(18)19-13-9(16)3-4-10(13)17/h1-4,14-15H,5-6H2. The molecule has 1 aromatic rings. The summed E-state index contributed by atoms with van der Waals surface area (Å²) in [6, 6.07) is 2.52. The van der Waals surface area contributed by atoms with E-state index in [4.69, 9.17) is 0 Å². The quantitative estimate of drug-likeness (QED) is 0.722. The van der Waals surface area contributed by atoms with Gasteiger partial charge in [0.25, 0.3) is 11.8 Å². The molecule has 2 heterocycles. The highest BCUT2D eigenvalue weighted by Crippen LogP contribution is 2.21. The minimum Gasteiger partial charge on any atom is -0.494 e. The molecule has 0 bridgehead atoms. The Morgan fingerprint density at radius 1 is 1.11 bits per heavy atom. The Hall–Kier alpha value is -2.77. The molecule has 8 heteroatoms. The van der Waals surface area contributed by atoms with Crippen LogP contribution >= 0.6 is 0 Å². The van der Waals surface area contributed by atoms with Gasteiger partial charge in [0.05, 0.1) is 6.42 Å². The van der Waals surface area contributed by atoms with E-state index in [1.807, 2.05) is 0 Å². The van der Waals surface area contributed by atoms with Crippen LogP contribution in [0.2, 0.25) is 0 Å². The van der Waals surface area contributed by atoms with E-state index in [9.17, 15) is 24.6 Å². The second-order valence-electron chi connectivity index (χ2n) is 3.72. The maximum Gasteiger partial charge on any atom is 0.335 e. The number of amides is 2. The van der Waals surface area contributed by atoms with Crippen LogP contribution in [0.3, 0.4) is 0 Å².